The lowest BCUT2D eigenvalue weighted by Crippen LogP contribution is -2.52. The van der Waals surface area contributed by atoms with E-state index in [2.05, 4.69) is 0 Å². The number of para-hydroxylation sites is 1. The quantitative estimate of drug-likeness (QED) is 0.886. The Morgan fingerprint density at radius 3 is 2.14 bits per heavy atom. The number of benzene rings is 1. The van der Waals surface area contributed by atoms with Crippen LogP contribution in [0.1, 0.15) is 10.4 Å². The minimum absolute atomic E-state index is 0.0502. The van der Waals surface area contributed by atoms with Crippen molar-refractivity contribution in [3.05, 3.63) is 29.8 Å². The van der Waals surface area contributed by atoms with E-state index in [9.17, 15) is 22.8 Å². The van der Waals surface area contributed by atoms with Crippen molar-refractivity contribution in [1.82, 2.24) is 4.90 Å². The van der Waals surface area contributed by atoms with Gasteiger partial charge in [-0.05, 0) is 12.1 Å². The summed E-state index contributed by atoms with van der Waals surface area (Å²) in [5.41, 5.74) is 6.16. The Kier molecular flexibility index (Phi) is 4.06. The molecule has 2 N–H and O–H groups in total. The van der Waals surface area contributed by atoms with Crippen LogP contribution in [0.5, 0.6) is 0 Å². The second kappa shape index (κ2) is 5.63. The molecule has 0 unspecified atom stereocenters. The van der Waals surface area contributed by atoms with Gasteiger partial charge in [0.2, 0.25) is 0 Å². The highest BCUT2D eigenvalue weighted by molar-refractivity contribution is 5.98. The summed E-state index contributed by atoms with van der Waals surface area (Å²) in [6.07, 6.45) is -4.85. The number of nitrogens with two attached hydrogens (primary N) is 1. The topological polar surface area (TPSA) is 66.6 Å². The fourth-order valence-electron chi connectivity index (χ4n) is 2.29. The van der Waals surface area contributed by atoms with Gasteiger partial charge in [-0.2, -0.15) is 13.2 Å². The van der Waals surface area contributed by atoms with Gasteiger partial charge in [0, 0.05) is 31.9 Å². The first-order valence-corrected chi connectivity index (χ1v) is 6.30. The van der Waals surface area contributed by atoms with Crippen molar-refractivity contribution < 1.29 is 22.8 Å². The number of nitrogens with zero attached hydrogens (tertiary/aromatic N) is 2. The zero-order chi connectivity index (χ0) is 15.6. The number of hydrogen-bond acceptors (Lipinski definition) is 3. The molecule has 21 heavy (non-hydrogen) atoms. The first-order chi connectivity index (χ1) is 9.80. The van der Waals surface area contributed by atoms with E-state index in [0.717, 1.165) is 4.90 Å². The predicted molar refractivity (Wildman–Crippen MR) is 69.8 cm³/mol. The van der Waals surface area contributed by atoms with E-state index < -0.39 is 18.0 Å². The zero-order valence-corrected chi connectivity index (χ0v) is 11.1. The van der Waals surface area contributed by atoms with Crippen molar-refractivity contribution in [3.63, 3.8) is 0 Å². The molecule has 1 aromatic rings. The largest absolute Gasteiger partial charge is 0.471 e. The lowest BCUT2D eigenvalue weighted by atomic mass is 10.1. The molecule has 1 heterocycles. The molecule has 1 fully saturated rings. The number of piperazine rings is 1. The van der Waals surface area contributed by atoms with Crippen LogP contribution in [0.4, 0.5) is 18.9 Å². The van der Waals surface area contributed by atoms with Gasteiger partial charge in [0.1, 0.15) is 0 Å². The van der Waals surface area contributed by atoms with Crippen molar-refractivity contribution in [1.29, 1.82) is 0 Å². The van der Waals surface area contributed by atoms with Crippen molar-refractivity contribution in [2.24, 2.45) is 5.73 Å². The third-order valence-corrected chi connectivity index (χ3v) is 3.32. The van der Waals surface area contributed by atoms with Crippen LogP contribution in [0, 0.1) is 0 Å². The number of hydrogen-bond donors (Lipinski definition) is 1. The number of rotatable bonds is 2. The molecule has 1 aliphatic heterocycles. The van der Waals surface area contributed by atoms with Crippen LogP contribution in [0.2, 0.25) is 0 Å². The van der Waals surface area contributed by atoms with E-state index in [1.807, 2.05) is 0 Å². The molecule has 0 bridgehead atoms. The van der Waals surface area contributed by atoms with Crippen LogP contribution >= 0.6 is 0 Å². The summed E-state index contributed by atoms with van der Waals surface area (Å²) in [5, 5.41) is 0. The van der Waals surface area contributed by atoms with Crippen LogP contribution < -0.4 is 10.6 Å². The highest BCUT2D eigenvalue weighted by atomic mass is 19.4. The van der Waals surface area contributed by atoms with E-state index in [1.54, 1.807) is 29.2 Å². The predicted octanol–water partition coefficient (Wildman–Crippen LogP) is 0.996. The molecule has 8 heteroatoms. The molecule has 0 radical (unpaired) electrons. The normalized spacial score (nSPS) is 16.0. The highest BCUT2D eigenvalue weighted by Crippen LogP contribution is 2.24. The monoisotopic (exact) mass is 301 g/mol. The van der Waals surface area contributed by atoms with Crippen LogP contribution in [-0.2, 0) is 4.79 Å². The molecule has 0 spiro atoms. The molecule has 114 valence electrons. The molecule has 1 saturated heterocycles. The number of anilines is 1. The number of halogens is 3. The van der Waals surface area contributed by atoms with Gasteiger partial charge in [0.05, 0.1) is 5.56 Å². The lowest BCUT2D eigenvalue weighted by molar-refractivity contribution is -0.185. The second-order valence-electron chi connectivity index (χ2n) is 4.66. The Morgan fingerprint density at radius 2 is 1.62 bits per heavy atom. The van der Waals surface area contributed by atoms with Crippen molar-refractivity contribution in [2.45, 2.75) is 6.18 Å². The molecule has 1 aromatic carbocycles. The molecule has 1 aliphatic rings. The van der Waals surface area contributed by atoms with Crippen molar-refractivity contribution in [2.75, 3.05) is 31.1 Å². The number of amides is 2. The van der Waals surface area contributed by atoms with Crippen molar-refractivity contribution >= 4 is 17.5 Å². The van der Waals surface area contributed by atoms with Crippen LogP contribution in [0.25, 0.3) is 0 Å². The Labute approximate surface area is 119 Å². The van der Waals surface area contributed by atoms with Crippen molar-refractivity contribution in [3.8, 4) is 0 Å². The minimum Gasteiger partial charge on any atom is -0.367 e. The molecular weight excluding hydrogens is 287 g/mol. The number of carbonyl (C=O) groups excluding carboxylic acids is 2. The maximum atomic E-state index is 12.4. The maximum absolute atomic E-state index is 12.4. The summed E-state index contributed by atoms with van der Waals surface area (Å²) in [6.45, 7) is 0.328. The number of alkyl halides is 3. The van der Waals surface area contributed by atoms with Gasteiger partial charge in [-0.1, -0.05) is 12.1 Å². The maximum Gasteiger partial charge on any atom is 0.471 e. The van der Waals surface area contributed by atoms with E-state index >= 15 is 0 Å². The van der Waals surface area contributed by atoms with E-state index in [0.29, 0.717) is 11.3 Å². The van der Waals surface area contributed by atoms with Gasteiger partial charge in [-0.15, -0.1) is 0 Å². The SMILES string of the molecule is NC(=O)c1ccccc1N1CCN(C(=O)C(F)(F)F)CC1. The summed E-state index contributed by atoms with van der Waals surface area (Å²) in [7, 11) is 0. The molecular formula is C13H14F3N3O2. The first-order valence-electron chi connectivity index (χ1n) is 6.30. The smallest absolute Gasteiger partial charge is 0.367 e. The first kappa shape index (κ1) is 15.1. The Morgan fingerprint density at radius 1 is 1.05 bits per heavy atom. The lowest BCUT2D eigenvalue weighted by Gasteiger charge is -2.36. The number of primary amides is 1. The Hall–Kier alpha value is -2.25. The van der Waals surface area contributed by atoms with Gasteiger partial charge in [-0.3, -0.25) is 9.59 Å². The van der Waals surface area contributed by atoms with Gasteiger partial charge < -0.3 is 15.5 Å². The van der Waals surface area contributed by atoms with Gasteiger partial charge in [-0.25, -0.2) is 0 Å². The fraction of sp³-hybridized carbons (Fsp3) is 0.385. The highest BCUT2D eigenvalue weighted by Gasteiger charge is 2.43. The van der Waals surface area contributed by atoms with Crippen LogP contribution in [0.3, 0.4) is 0 Å². The average Bonchev–Trinajstić information content (AvgIpc) is 2.45. The molecule has 0 atom stereocenters. The molecule has 5 nitrogen and oxygen atoms in total. The summed E-state index contributed by atoms with van der Waals surface area (Å²) < 4.78 is 37.1. The van der Waals surface area contributed by atoms with Crippen LogP contribution in [-0.4, -0.2) is 49.1 Å². The molecule has 2 rings (SSSR count). The summed E-state index contributed by atoms with van der Waals surface area (Å²) in [5.74, 6) is -2.43. The van der Waals surface area contributed by atoms with Gasteiger partial charge in [0.25, 0.3) is 5.91 Å². The molecule has 0 aliphatic carbocycles. The van der Waals surface area contributed by atoms with Gasteiger partial charge in [0.15, 0.2) is 0 Å². The van der Waals surface area contributed by atoms with E-state index in [-0.39, 0.29) is 26.2 Å². The molecule has 0 aromatic heterocycles. The molecule has 2 amide bonds. The van der Waals surface area contributed by atoms with Crippen LogP contribution in [0.15, 0.2) is 24.3 Å². The Bertz CT molecular complexity index is 552. The fourth-order valence-corrected chi connectivity index (χ4v) is 2.29. The van der Waals surface area contributed by atoms with E-state index in [4.69, 9.17) is 5.73 Å². The standard InChI is InChI=1S/C13H14F3N3O2/c14-13(15,16)12(21)19-7-5-18(6-8-19)10-4-2-1-3-9(10)11(17)20/h1-4H,5-8H2,(H2,17,20). The van der Waals surface area contributed by atoms with E-state index in [1.165, 1.54) is 0 Å². The third-order valence-electron chi connectivity index (χ3n) is 3.32. The summed E-state index contributed by atoms with van der Waals surface area (Å²) >= 11 is 0. The third kappa shape index (κ3) is 3.26. The minimum atomic E-state index is -4.85. The second-order valence-corrected chi connectivity index (χ2v) is 4.66. The summed E-state index contributed by atoms with van der Waals surface area (Å²) in [6, 6.07) is 6.62. The Balaban J connectivity index is 2.09. The van der Waals surface area contributed by atoms with Gasteiger partial charge >= 0.3 is 12.1 Å². The average molecular weight is 301 g/mol. The molecule has 0 saturated carbocycles. The number of carbonyl (C=O) groups is 2. The summed E-state index contributed by atoms with van der Waals surface area (Å²) in [4.78, 5) is 25.0. The zero-order valence-electron chi connectivity index (χ0n) is 11.1.